The number of halogens is 8. The fourth-order valence-corrected chi connectivity index (χ4v) is 4.77. The molecule has 0 aliphatic carbocycles. The molecule has 0 unspecified atom stereocenters. The summed E-state index contributed by atoms with van der Waals surface area (Å²) in [6.07, 6.45) is -8.51. The average Bonchev–Trinajstić information content (AvgIpc) is 2.95. The lowest BCUT2D eigenvalue weighted by Gasteiger charge is -2.37. The minimum Gasteiger partial charge on any atom is -0.469 e. The van der Waals surface area contributed by atoms with E-state index in [1.54, 1.807) is 35.6 Å². The van der Waals surface area contributed by atoms with Gasteiger partial charge in [-0.1, -0.05) is 48.9 Å². The summed E-state index contributed by atoms with van der Waals surface area (Å²) in [5.74, 6) is -2.39. The van der Waals surface area contributed by atoms with E-state index < -0.39 is 59.2 Å². The molecule has 0 aromatic heterocycles. The normalized spacial score (nSPS) is 13.2. The van der Waals surface area contributed by atoms with Crippen molar-refractivity contribution in [3.8, 4) is 0 Å². The second-order valence-electron chi connectivity index (χ2n) is 10.2. The van der Waals surface area contributed by atoms with Crippen LogP contribution in [-0.4, -0.2) is 31.8 Å². The van der Waals surface area contributed by atoms with Gasteiger partial charge in [0.25, 0.3) is 0 Å². The predicted molar refractivity (Wildman–Crippen MR) is 146 cm³/mol. The highest BCUT2D eigenvalue weighted by atomic mass is 19.4. The van der Waals surface area contributed by atoms with Gasteiger partial charge in [0.05, 0.1) is 18.2 Å². The van der Waals surface area contributed by atoms with Gasteiger partial charge in [0.15, 0.2) is 0 Å². The Morgan fingerprint density at radius 2 is 1.48 bits per heavy atom. The SMILES string of the molecule is COC(=O)CCCCCc1cc([C@@](Cc2ccccc2)(NC(=O)NCC(F)(F)F)c2cc(F)cc(C(F)(F)F)c2)ccc1F. The Bertz CT molecular complexity index is 1430. The maximum Gasteiger partial charge on any atom is 0.416 e. The molecule has 3 aromatic carbocycles. The lowest BCUT2D eigenvalue weighted by atomic mass is 9.76. The largest absolute Gasteiger partial charge is 0.469 e. The van der Waals surface area contributed by atoms with Crippen LogP contribution in [0, 0.1) is 11.6 Å². The third-order valence-electron chi connectivity index (χ3n) is 6.90. The molecule has 0 aliphatic heterocycles. The predicted octanol–water partition coefficient (Wildman–Crippen LogP) is 7.61. The van der Waals surface area contributed by atoms with E-state index in [1.165, 1.54) is 19.2 Å². The van der Waals surface area contributed by atoms with Crippen molar-refractivity contribution in [1.82, 2.24) is 10.6 Å². The molecule has 5 nitrogen and oxygen atoms in total. The number of unbranched alkanes of at least 4 members (excludes halogenated alkanes) is 2. The van der Waals surface area contributed by atoms with Gasteiger partial charge in [0.1, 0.15) is 18.2 Å². The van der Waals surface area contributed by atoms with E-state index in [-0.39, 0.29) is 36.5 Å². The zero-order valence-corrected chi connectivity index (χ0v) is 23.5. The van der Waals surface area contributed by atoms with E-state index in [9.17, 15) is 44.7 Å². The van der Waals surface area contributed by atoms with Gasteiger partial charge in [0.2, 0.25) is 0 Å². The topological polar surface area (TPSA) is 67.4 Å². The number of methoxy groups -OCH3 is 1. The number of benzene rings is 3. The Labute approximate surface area is 248 Å². The van der Waals surface area contributed by atoms with Crippen LogP contribution in [0.1, 0.15) is 53.5 Å². The number of amides is 2. The lowest BCUT2D eigenvalue weighted by Crippen LogP contribution is -2.53. The molecule has 44 heavy (non-hydrogen) atoms. The highest BCUT2D eigenvalue weighted by Crippen LogP contribution is 2.39. The van der Waals surface area contributed by atoms with Crippen molar-refractivity contribution < 1.29 is 49.4 Å². The zero-order chi connectivity index (χ0) is 32.5. The number of alkyl halides is 6. The monoisotopic (exact) mass is 630 g/mol. The van der Waals surface area contributed by atoms with Crippen LogP contribution in [0.4, 0.5) is 39.9 Å². The number of carbonyl (C=O) groups is 2. The van der Waals surface area contributed by atoms with Gasteiger partial charge >= 0.3 is 24.4 Å². The smallest absolute Gasteiger partial charge is 0.416 e. The Balaban J connectivity index is 2.17. The van der Waals surface area contributed by atoms with Gasteiger partial charge in [0, 0.05) is 12.8 Å². The molecule has 0 spiro atoms. The first-order valence-corrected chi connectivity index (χ1v) is 13.5. The van der Waals surface area contributed by atoms with Gasteiger partial charge < -0.3 is 15.4 Å². The van der Waals surface area contributed by atoms with Crippen LogP contribution in [0.5, 0.6) is 0 Å². The first-order chi connectivity index (χ1) is 20.6. The van der Waals surface area contributed by atoms with Crippen molar-refractivity contribution in [2.75, 3.05) is 13.7 Å². The molecule has 0 heterocycles. The summed E-state index contributed by atoms with van der Waals surface area (Å²) < 4.78 is 115. The van der Waals surface area contributed by atoms with Crippen LogP contribution in [0.15, 0.2) is 66.7 Å². The number of nitrogens with one attached hydrogen (secondary N) is 2. The van der Waals surface area contributed by atoms with E-state index in [2.05, 4.69) is 10.1 Å². The number of carbonyl (C=O) groups excluding carboxylic acids is 2. The van der Waals surface area contributed by atoms with Gasteiger partial charge in [-0.15, -0.1) is 0 Å². The number of rotatable bonds is 12. The van der Waals surface area contributed by atoms with Crippen molar-refractivity contribution in [2.45, 2.75) is 56.4 Å². The van der Waals surface area contributed by atoms with Crippen LogP contribution >= 0.6 is 0 Å². The van der Waals surface area contributed by atoms with Gasteiger partial charge in [-0.3, -0.25) is 4.79 Å². The molecular formula is C31H30F8N2O3. The molecule has 1 atom stereocenters. The highest BCUT2D eigenvalue weighted by Gasteiger charge is 2.41. The zero-order valence-electron chi connectivity index (χ0n) is 23.5. The molecule has 238 valence electrons. The Hall–Kier alpha value is -4.16. The molecule has 0 saturated heterocycles. The minimum absolute atomic E-state index is 0.00759. The second kappa shape index (κ2) is 14.5. The summed E-state index contributed by atoms with van der Waals surface area (Å²) in [5, 5.41) is 4.02. The standard InChI is InChI=1S/C31H30F8N2O3/c1-44-27(42)11-7-3-6-10-21-14-22(12-13-26(21)33)29(18-20-8-4-2-5-9-20,41-28(43)40-19-30(34,35)36)23-15-24(31(37,38)39)17-25(32)16-23/h2,4-5,8-9,12-17H,3,6-7,10-11,18-19H2,1H3,(H2,40,41,43)/t29-/m1/s1. The molecule has 2 amide bonds. The van der Waals surface area contributed by atoms with Crippen LogP contribution in [-0.2, 0) is 34.1 Å². The third-order valence-corrected chi connectivity index (χ3v) is 6.90. The molecule has 0 radical (unpaired) electrons. The summed E-state index contributed by atoms with van der Waals surface area (Å²) in [7, 11) is 1.25. The first-order valence-electron chi connectivity index (χ1n) is 13.5. The average molecular weight is 631 g/mol. The van der Waals surface area contributed by atoms with E-state index in [0.29, 0.717) is 30.9 Å². The highest BCUT2D eigenvalue weighted by molar-refractivity contribution is 5.76. The first kappa shape index (κ1) is 34.3. The Morgan fingerprint density at radius 3 is 2.11 bits per heavy atom. The molecule has 0 aliphatic rings. The molecule has 3 rings (SSSR count). The number of hydrogen-bond acceptors (Lipinski definition) is 3. The maximum atomic E-state index is 15.0. The summed E-state index contributed by atoms with van der Waals surface area (Å²) >= 11 is 0. The van der Waals surface area contributed by atoms with Crippen molar-refractivity contribution in [1.29, 1.82) is 0 Å². The number of urea groups is 1. The number of esters is 1. The minimum atomic E-state index is -5.01. The molecule has 0 bridgehead atoms. The molecule has 13 heteroatoms. The van der Waals surface area contributed by atoms with E-state index in [0.717, 1.165) is 12.1 Å². The van der Waals surface area contributed by atoms with Gasteiger partial charge in [-0.2, -0.15) is 26.3 Å². The van der Waals surface area contributed by atoms with Crippen LogP contribution < -0.4 is 10.6 Å². The number of ether oxygens (including phenoxy) is 1. The number of hydrogen-bond donors (Lipinski definition) is 2. The van der Waals surface area contributed by atoms with Crippen molar-refractivity contribution >= 4 is 12.0 Å². The van der Waals surface area contributed by atoms with E-state index in [4.69, 9.17) is 0 Å². The van der Waals surface area contributed by atoms with Crippen molar-refractivity contribution in [2.24, 2.45) is 0 Å². The molecule has 0 saturated carbocycles. The molecule has 3 aromatic rings. The molecule has 2 N–H and O–H groups in total. The summed E-state index contributed by atoms with van der Waals surface area (Å²) in [6.45, 7) is -1.75. The van der Waals surface area contributed by atoms with Crippen molar-refractivity contribution in [3.05, 3.63) is 106 Å². The Morgan fingerprint density at radius 1 is 0.795 bits per heavy atom. The summed E-state index contributed by atoms with van der Waals surface area (Å²) in [4.78, 5) is 24.3. The summed E-state index contributed by atoms with van der Waals surface area (Å²) in [5.41, 5.74) is -3.37. The van der Waals surface area contributed by atoms with Crippen LogP contribution in [0.25, 0.3) is 0 Å². The number of aryl methyl sites for hydroxylation is 1. The fraction of sp³-hybridized carbons (Fsp3) is 0.355. The quantitative estimate of drug-likeness (QED) is 0.123. The van der Waals surface area contributed by atoms with E-state index in [1.807, 2.05) is 0 Å². The summed E-state index contributed by atoms with van der Waals surface area (Å²) in [6, 6.07) is 11.7. The fourth-order valence-electron chi connectivity index (χ4n) is 4.77. The van der Waals surface area contributed by atoms with Crippen LogP contribution in [0.2, 0.25) is 0 Å². The second-order valence-corrected chi connectivity index (χ2v) is 10.2. The Kier molecular flexibility index (Phi) is 11.3. The van der Waals surface area contributed by atoms with E-state index >= 15 is 0 Å². The molecular weight excluding hydrogens is 600 g/mol. The molecule has 0 fully saturated rings. The van der Waals surface area contributed by atoms with Crippen molar-refractivity contribution in [3.63, 3.8) is 0 Å². The maximum absolute atomic E-state index is 15.0. The third kappa shape index (κ3) is 9.68. The van der Waals surface area contributed by atoms with Gasteiger partial charge in [-0.25, -0.2) is 13.6 Å². The van der Waals surface area contributed by atoms with Crippen LogP contribution in [0.3, 0.4) is 0 Å². The van der Waals surface area contributed by atoms with Gasteiger partial charge in [-0.05, 0) is 65.8 Å². The lowest BCUT2D eigenvalue weighted by molar-refractivity contribution is -0.141.